The molecule has 0 amide bonds. The quantitative estimate of drug-likeness (QED) is 0.265. The molecule has 0 aromatic heterocycles. The second-order valence-electron chi connectivity index (χ2n) is 7.55. The second-order valence-corrected chi connectivity index (χ2v) is 7.55. The van der Waals surface area contributed by atoms with E-state index in [0.29, 0.717) is 0 Å². The molecular weight excluding hydrogens is 7670 g/mol. The minimum absolute atomic E-state index is 0. The van der Waals surface area contributed by atoms with Crippen molar-refractivity contribution in [3.63, 3.8) is 0 Å². The Hall–Kier alpha value is 88.6. The summed E-state index contributed by atoms with van der Waals surface area (Å²) in [4.78, 5) is 0. The Bertz CT molecular complexity index is 408. The first kappa shape index (κ1) is 709. The maximum Gasteiger partial charge on any atom is 0 e. The molecule has 0 heterocycles. The molecular formula is C39H92Y81-10. The summed E-state index contributed by atoms with van der Waals surface area (Å²) in [6, 6.07) is 6.96. The van der Waals surface area contributed by atoms with Crippen LogP contribution in [0.1, 0.15) is 148 Å². The Morgan fingerprint density at radius 3 is 0.175 bits per heavy atom. The topological polar surface area (TPSA) is 0 Å². The van der Waals surface area contributed by atoms with Crippen LogP contribution in [0, 0.1) is 77.7 Å². The molecule has 81 radical (unpaired) electrons. The SMILES string of the molecule is C.C.C.C.CCC.CCC.CCC.CCC.CCc1cc(CC)cc(CC)c1.[CH2-]C([CH2-])([CH2-])[CH2-].[CH3-].[CH3-].[CH3-].[CH3-].[CH3-].[CH3-].[Y].[Y].[Y].[Y].[Y].[Y].[Y].[Y].[Y].[Y].[Y].[Y].[Y].[Y].[Y].[Y].[Y].[Y].[Y].[Y].[Y].[Y].[Y].[Y].[Y].[Y].[Y].[Y].[Y].[Y].[Y].[Y].[Y].[Y].[Y].[Y].[Y].[Y].[Y].[Y].[Y].[Y].[Y].[Y].[Y].[Y].[Y].[Y].[Y].[Y].[Y].[Y].[Y].[Y].[Y].[Y].[Y].[Y].[Y].[Y].[Y].[Y].[Y].[Y].[Y].[Y].[Y].[Y].[Y].[Y].[Y].[Y].[Y].[Y].[Y].[Y].[Y].[Y].[Y].[Y].[Y]. The Kier molecular flexibility index (Phi) is 4060. The van der Waals surface area contributed by atoms with Crippen molar-refractivity contribution in [3.05, 3.63) is 107 Å². The Morgan fingerprint density at radius 1 is 0.133 bits per heavy atom. The third-order valence-electron chi connectivity index (χ3n) is 2.34. The van der Waals surface area contributed by atoms with E-state index in [4.69, 9.17) is 0 Å². The molecule has 0 saturated carbocycles. The van der Waals surface area contributed by atoms with E-state index in [9.17, 15) is 0 Å². The summed E-state index contributed by atoms with van der Waals surface area (Å²) in [5, 5.41) is 0. The van der Waals surface area contributed by atoms with Crippen molar-refractivity contribution < 1.29 is 2650 Å². The molecule has 0 bridgehead atoms. The molecule has 0 saturated heterocycles. The van der Waals surface area contributed by atoms with Gasteiger partial charge >= 0.3 is 0 Å². The molecule has 1 aromatic rings. The van der Waals surface area contributed by atoms with Crippen LogP contribution in [0.3, 0.4) is 0 Å². The third kappa shape index (κ3) is 768. The van der Waals surface area contributed by atoms with Gasteiger partial charge in [-0.2, -0.15) is 0 Å². The zero-order chi connectivity index (χ0) is 24.3. The van der Waals surface area contributed by atoms with E-state index in [0.717, 1.165) is 19.3 Å². The van der Waals surface area contributed by atoms with E-state index >= 15 is 0 Å². The Balaban J connectivity index is -0.000000000547. The zero-order valence-corrected chi connectivity index (χ0v) is 305. The van der Waals surface area contributed by atoms with Gasteiger partial charge in [-0.1, -0.05) is 150 Å². The van der Waals surface area contributed by atoms with Crippen molar-refractivity contribution in [2.45, 2.75) is 151 Å². The van der Waals surface area contributed by atoms with Gasteiger partial charge in [0.25, 0.3) is 0 Å². The molecule has 0 fully saturated rings. The molecule has 0 spiro atoms. The number of hydrogen-bond acceptors (Lipinski definition) is 0. The van der Waals surface area contributed by atoms with Crippen molar-refractivity contribution in [2.24, 2.45) is 5.41 Å². The molecule has 81 heteroatoms. The van der Waals surface area contributed by atoms with E-state index in [-0.39, 0.29) is 2720 Å². The van der Waals surface area contributed by atoms with Crippen molar-refractivity contribution >= 4 is 0 Å². The van der Waals surface area contributed by atoms with Crippen molar-refractivity contribution in [1.29, 1.82) is 0 Å². The third-order valence-corrected chi connectivity index (χ3v) is 2.34. The first-order valence-corrected chi connectivity index (χ1v) is 12.0. The predicted octanol–water partition coefficient (Wildman–Crippen LogP) is 15.4. The smallest absolute Gasteiger partial charge is 0 e. The summed E-state index contributed by atoms with van der Waals surface area (Å²) in [7, 11) is 0. The molecule has 0 atom stereocenters. The number of aryl methyl sites for hydroxylation is 3. The van der Waals surface area contributed by atoms with Crippen LogP contribution in [-0.4, -0.2) is 0 Å². The van der Waals surface area contributed by atoms with Gasteiger partial charge in [-0.05, 0) is 36.0 Å². The van der Waals surface area contributed by atoms with Gasteiger partial charge in [0.15, 0.2) is 0 Å². The minimum Gasteiger partial charge on any atom is -0.584 e. The van der Waals surface area contributed by atoms with Crippen LogP contribution in [0.5, 0.6) is 0 Å². The summed E-state index contributed by atoms with van der Waals surface area (Å²) in [6.07, 6.45) is 8.46. The first-order valence-electron chi connectivity index (χ1n) is 12.0. The van der Waals surface area contributed by atoms with Gasteiger partial charge in [0.05, 0.1) is 0 Å². The Labute approximate surface area is 2800 Å². The van der Waals surface area contributed by atoms with Gasteiger partial charge in [0, 0.05) is 2650 Å². The normalized spacial score (nSPS) is 2.12. The van der Waals surface area contributed by atoms with Crippen LogP contribution >= 0.6 is 0 Å². The summed E-state index contributed by atoms with van der Waals surface area (Å²) < 4.78 is 0. The molecule has 0 aliphatic carbocycles. The average Bonchev–Trinajstić information content (AvgIpc) is 2.62. The molecule has 0 nitrogen and oxygen atoms in total. The fourth-order valence-corrected chi connectivity index (χ4v) is 1.45. The van der Waals surface area contributed by atoms with Crippen LogP contribution in [0.25, 0.3) is 0 Å². The molecule has 120 heavy (non-hydrogen) atoms. The first-order chi connectivity index (χ1) is 13.5. The van der Waals surface area contributed by atoms with E-state index < -0.39 is 5.41 Å². The van der Waals surface area contributed by atoms with Crippen LogP contribution in [0.15, 0.2) is 18.2 Å². The molecule has 0 aliphatic rings. The van der Waals surface area contributed by atoms with E-state index in [1.54, 1.807) is 0 Å². The largest absolute Gasteiger partial charge is 0.584 e. The standard InChI is InChI=1S/C12H18.C5H8.4C3H8.4CH4.6CH3.81Y/c1-4-10-7-11(5-2)9-12(6-3)8-10;1-5(2,3)4;4*1-3-2;;;;;;;;;;;;;;;;;;;;;;;;;;;;;;;;;;;;;;;;;;;;;;;;;;;;;;;;;;;;;;;;;;;;;;;;;;;;;;;;;;;;;;;;;;;/h7-9H,4-6H2,1-3H3;1-4H2;4*3H2,1-2H3;4*1H4;6*1H3;;;;;;;;;;;;;;;;;;;;;;;;;;;;;;;;;;;;;;;;;;;;;;;;;;;;;;;;;;;;;;;;;;;;;;;;;;;;;;;;;/q;-4;;;;;;;;;6*-1;;;;;;;;;;;;;;;;;;;;;;;;;;;;;;;;;;;;;;;;;;;;;;;;;;;;;;;;;;;;;;;;;;;;;;;;;;;;;;;;;. The summed E-state index contributed by atoms with van der Waals surface area (Å²) in [5.74, 6) is 0. The van der Waals surface area contributed by atoms with E-state index in [1.807, 2.05) is 0 Å². The van der Waals surface area contributed by atoms with Crippen molar-refractivity contribution in [2.75, 3.05) is 0 Å². The van der Waals surface area contributed by atoms with Crippen LogP contribution in [-0.2, 0) is 2670 Å². The van der Waals surface area contributed by atoms with Gasteiger partial charge in [-0.25, -0.2) is 0 Å². The van der Waals surface area contributed by atoms with Crippen LogP contribution in [0.4, 0.5) is 0 Å². The number of rotatable bonds is 3. The fraction of sp³-hybridized carbons (Fsp3) is 0.590. The van der Waals surface area contributed by atoms with Crippen LogP contribution in [0.2, 0.25) is 0 Å². The number of hydrogen-bond donors (Lipinski definition) is 0. The summed E-state index contributed by atoms with van der Waals surface area (Å²) in [5.41, 5.74) is 3.93. The van der Waals surface area contributed by atoms with Gasteiger partial charge in [0.2, 0.25) is 0 Å². The van der Waals surface area contributed by atoms with Gasteiger partial charge < -0.3 is 77.7 Å². The van der Waals surface area contributed by atoms with Crippen LogP contribution < -0.4 is 0 Å². The van der Waals surface area contributed by atoms with Crippen molar-refractivity contribution in [1.82, 2.24) is 0 Å². The molecule has 0 N–H and O–H groups in total. The van der Waals surface area contributed by atoms with Gasteiger partial charge in [-0.15, -0.1) is 0 Å². The second kappa shape index (κ2) is 687. The summed E-state index contributed by atoms with van der Waals surface area (Å²) >= 11 is 0. The maximum atomic E-state index is 3.44. The summed E-state index contributed by atoms with van der Waals surface area (Å²) in [6.45, 7) is 37.4. The predicted molar refractivity (Wildman–Crippen MR) is 208 cm³/mol. The number of benzene rings is 1. The maximum absolute atomic E-state index is 3.44. The van der Waals surface area contributed by atoms with Crippen molar-refractivity contribution in [3.8, 4) is 0 Å². The molecule has 0 unspecified atom stereocenters. The molecule has 1 rings (SSSR count). The molecule has 0 aliphatic heterocycles. The average molecular weight is 7760 g/mol. The van der Waals surface area contributed by atoms with Gasteiger partial charge in [-0.3, -0.25) is 0 Å². The molecule has 1 aromatic carbocycles. The minimum atomic E-state index is -0.500. The molecule has 501 valence electrons. The zero-order valence-electron chi connectivity index (χ0n) is 75.3. The van der Waals surface area contributed by atoms with E-state index in [1.165, 1.54) is 42.4 Å². The Morgan fingerprint density at radius 2 is 0.158 bits per heavy atom. The fourth-order valence-electron chi connectivity index (χ4n) is 1.45. The monoisotopic (exact) mass is 7760 g/mol. The van der Waals surface area contributed by atoms with Gasteiger partial charge in [0.1, 0.15) is 0 Å². The van der Waals surface area contributed by atoms with E-state index in [2.05, 4.69) is 122 Å².